The first-order valence-corrected chi connectivity index (χ1v) is 7.06. The van der Waals surface area contributed by atoms with Crippen LogP contribution in [0.3, 0.4) is 0 Å². The molecule has 0 spiro atoms. The van der Waals surface area contributed by atoms with Crippen LogP contribution in [-0.4, -0.2) is 43.0 Å². The topological polar surface area (TPSA) is 6.48 Å². The van der Waals surface area contributed by atoms with E-state index in [1.165, 1.54) is 42.9 Å². The first-order chi connectivity index (χ1) is 8.54. The van der Waals surface area contributed by atoms with Gasteiger partial charge in [-0.25, -0.2) is 0 Å². The molecule has 1 aliphatic heterocycles. The molecule has 2 nitrogen and oxygen atoms in total. The highest BCUT2D eigenvalue weighted by Crippen LogP contribution is 2.19. The van der Waals surface area contributed by atoms with Gasteiger partial charge in [0.05, 0.1) is 0 Å². The molecule has 2 heteroatoms. The smallest absolute Gasteiger partial charge is 0.0235 e. The summed E-state index contributed by atoms with van der Waals surface area (Å²) in [4.78, 5) is 4.98. The summed E-state index contributed by atoms with van der Waals surface area (Å²) in [5, 5.41) is 0. The van der Waals surface area contributed by atoms with E-state index in [2.05, 4.69) is 55.8 Å². The molecule has 2 rings (SSSR count). The normalized spacial score (nSPS) is 18.5. The lowest BCUT2D eigenvalue weighted by Gasteiger charge is -2.32. The van der Waals surface area contributed by atoms with Crippen molar-refractivity contribution in [2.75, 3.05) is 33.2 Å². The zero-order chi connectivity index (χ0) is 13.1. The van der Waals surface area contributed by atoms with Crippen LogP contribution in [0.25, 0.3) is 0 Å². The van der Waals surface area contributed by atoms with Crippen molar-refractivity contribution < 1.29 is 0 Å². The fourth-order valence-corrected chi connectivity index (χ4v) is 2.58. The van der Waals surface area contributed by atoms with Crippen molar-refractivity contribution in [1.82, 2.24) is 9.80 Å². The van der Waals surface area contributed by atoms with Crippen LogP contribution in [0.5, 0.6) is 0 Å². The van der Waals surface area contributed by atoms with Crippen molar-refractivity contribution in [3.8, 4) is 0 Å². The van der Waals surface area contributed by atoms with E-state index in [0.29, 0.717) is 5.92 Å². The second kappa shape index (κ2) is 5.85. The standard InChI is InChI=1S/C16H26N2/c1-13(2)16-10-14(3)9-15(11-16)12-18-7-5-17(4)6-8-18/h9-11,13H,5-8,12H2,1-4H3. The van der Waals surface area contributed by atoms with Gasteiger partial charge in [0, 0.05) is 32.7 Å². The number of nitrogens with zero attached hydrogens (tertiary/aromatic N) is 2. The van der Waals surface area contributed by atoms with Gasteiger partial charge in [0.1, 0.15) is 0 Å². The minimum Gasteiger partial charge on any atom is -0.304 e. The van der Waals surface area contributed by atoms with E-state index in [4.69, 9.17) is 0 Å². The Morgan fingerprint density at radius 1 is 1.06 bits per heavy atom. The SMILES string of the molecule is Cc1cc(CN2CCN(C)CC2)cc(C(C)C)c1. The lowest BCUT2D eigenvalue weighted by molar-refractivity contribution is 0.148. The molecule has 0 aliphatic carbocycles. The molecule has 0 aromatic heterocycles. The first kappa shape index (κ1) is 13.6. The second-order valence-electron chi connectivity index (χ2n) is 5.99. The molecule has 1 aromatic carbocycles. The van der Waals surface area contributed by atoms with Gasteiger partial charge in [-0.3, -0.25) is 4.90 Å². The minimum atomic E-state index is 0.621. The fourth-order valence-electron chi connectivity index (χ4n) is 2.58. The number of hydrogen-bond acceptors (Lipinski definition) is 2. The molecule has 0 amide bonds. The van der Waals surface area contributed by atoms with Gasteiger partial charge in [-0.2, -0.15) is 0 Å². The number of aryl methyl sites for hydroxylation is 1. The summed E-state index contributed by atoms with van der Waals surface area (Å²) in [6, 6.07) is 7.04. The highest BCUT2D eigenvalue weighted by atomic mass is 15.2. The van der Waals surface area contributed by atoms with Gasteiger partial charge in [-0.1, -0.05) is 37.6 Å². The lowest BCUT2D eigenvalue weighted by atomic mass is 9.98. The van der Waals surface area contributed by atoms with Crippen molar-refractivity contribution in [3.63, 3.8) is 0 Å². The van der Waals surface area contributed by atoms with Crippen LogP contribution in [0, 0.1) is 6.92 Å². The van der Waals surface area contributed by atoms with E-state index < -0.39 is 0 Å². The van der Waals surface area contributed by atoms with Crippen molar-refractivity contribution >= 4 is 0 Å². The molecular weight excluding hydrogens is 220 g/mol. The molecule has 1 aromatic rings. The summed E-state index contributed by atoms with van der Waals surface area (Å²) in [6.07, 6.45) is 0. The Kier molecular flexibility index (Phi) is 4.41. The quantitative estimate of drug-likeness (QED) is 0.809. The van der Waals surface area contributed by atoms with E-state index in [-0.39, 0.29) is 0 Å². The molecule has 100 valence electrons. The Bertz CT molecular complexity index is 390. The molecule has 18 heavy (non-hydrogen) atoms. The van der Waals surface area contributed by atoms with E-state index in [1.54, 1.807) is 0 Å². The average Bonchev–Trinajstić information content (AvgIpc) is 2.31. The van der Waals surface area contributed by atoms with Gasteiger partial charge < -0.3 is 4.90 Å². The largest absolute Gasteiger partial charge is 0.304 e. The molecular formula is C16H26N2. The van der Waals surface area contributed by atoms with Crippen molar-refractivity contribution in [3.05, 3.63) is 34.9 Å². The summed E-state index contributed by atoms with van der Waals surface area (Å²) in [5.41, 5.74) is 4.34. The Labute approximate surface area is 112 Å². The molecule has 1 saturated heterocycles. The van der Waals surface area contributed by atoms with Gasteiger partial charge in [-0.15, -0.1) is 0 Å². The van der Waals surface area contributed by atoms with Crippen LogP contribution in [0.2, 0.25) is 0 Å². The Morgan fingerprint density at radius 3 is 2.33 bits per heavy atom. The van der Waals surface area contributed by atoms with E-state index >= 15 is 0 Å². The maximum absolute atomic E-state index is 2.57. The highest BCUT2D eigenvalue weighted by Gasteiger charge is 2.14. The second-order valence-corrected chi connectivity index (χ2v) is 5.99. The third-order valence-corrected chi connectivity index (χ3v) is 3.83. The Balaban J connectivity index is 2.04. The molecule has 1 fully saturated rings. The van der Waals surface area contributed by atoms with Crippen LogP contribution in [0.4, 0.5) is 0 Å². The number of likely N-dealkylation sites (N-methyl/N-ethyl adjacent to an activating group) is 1. The van der Waals surface area contributed by atoms with Crippen LogP contribution in [0.15, 0.2) is 18.2 Å². The third kappa shape index (κ3) is 3.56. The van der Waals surface area contributed by atoms with Crippen LogP contribution in [0.1, 0.15) is 36.5 Å². The third-order valence-electron chi connectivity index (χ3n) is 3.83. The molecule has 0 saturated carbocycles. The van der Waals surface area contributed by atoms with Gasteiger partial charge in [-0.05, 0) is 31.0 Å². The van der Waals surface area contributed by atoms with E-state index in [1.807, 2.05) is 0 Å². The zero-order valence-electron chi connectivity index (χ0n) is 12.2. The first-order valence-electron chi connectivity index (χ1n) is 7.06. The minimum absolute atomic E-state index is 0.621. The summed E-state index contributed by atoms with van der Waals surface area (Å²) in [6.45, 7) is 12.6. The van der Waals surface area contributed by atoms with Crippen molar-refractivity contribution in [2.24, 2.45) is 0 Å². The Hall–Kier alpha value is -0.860. The van der Waals surface area contributed by atoms with Crippen molar-refractivity contribution in [1.29, 1.82) is 0 Å². The average molecular weight is 246 g/mol. The maximum atomic E-state index is 2.57. The molecule has 0 bridgehead atoms. The number of piperazine rings is 1. The molecule has 1 heterocycles. The number of benzene rings is 1. The predicted molar refractivity (Wildman–Crippen MR) is 78.0 cm³/mol. The zero-order valence-corrected chi connectivity index (χ0v) is 12.2. The van der Waals surface area contributed by atoms with Gasteiger partial charge >= 0.3 is 0 Å². The van der Waals surface area contributed by atoms with Crippen LogP contribution in [-0.2, 0) is 6.54 Å². The lowest BCUT2D eigenvalue weighted by Crippen LogP contribution is -2.43. The summed E-state index contributed by atoms with van der Waals surface area (Å²) < 4.78 is 0. The van der Waals surface area contributed by atoms with Gasteiger partial charge in [0.15, 0.2) is 0 Å². The van der Waals surface area contributed by atoms with Crippen LogP contribution < -0.4 is 0 Å². The summed E-state index contributed by atoms with van der Waals surface area (Å²) in [7, 11) is 2.21. The van der Waals surface area contributed by atoms with Crippen LogP contribution >= 0.6 is 0 Å². The monoisotopic (exact) mass is 246 g/mol. The maximum Gasteiger partial charge on any atom is 0.0235 e. The molecule has 0 unspecified atom stereocenters. The predicted octanol–water partition coefficient (Wildman–Crippen LogP) is 2.87. The highest BCUT2D eigenvalue weighted by molar-refractivity contribution is 5.31. The number of rotatable bonds is 3. The fraction of sp³-hybridized carbons (Fsp3) is 0.625. The van der Waals surface area contributed by atoms with Gasteiger partial charge in [0.2, 0.25) is 0 Å². The molecule has 0 radical (unpaired) electrons. The van der Waals surface area contributed by atoms with Gasteiger partial charge in [0.25, 0.3) is 0 Å². The van der Waals surface area contributed by atoms with E-state index in [9.17, 15) is 0 Å². The number of hydrogen-bond donors (Lipinski definition) is 0. The van der Waals surface area contributed by atoms with Crippen molar-refractivity contribution in [2.45, 2.75) is 33.2 Å². The Morgan fingerprint density at radius 2 is 1.72 bits per heavy atom. The molecule has 1 aliphatic rings. The molecule has 0 N–H and O–H groups in total. The van der Waals surface area contributed by atoms with E-state index in [0.717, 1.165) is 6.54 Å². The summed E-state index contributed by atoms with van der Waals surface area (Å²) in [5.74, 6) is 0.621. The summed E-state index contributed by atoms with van der Waals surface area (Å²) >= 11 is 0. The molecule has 0 atom stereocenters.